The summed E-state index contributed by atoms with van der Waals surface area (Å²) >= 11 is 6.26. The smallest absolute Gasteiger partial charge is 0.137 e. The van der Waals surface area contributed by atoms with Crippen molar-refractivity contribution in [1.29, 1.82) is 5.26 Å². The third-order valence-corrected chi connectivity index (χ3v) is 3.62. The van der Waals surface area contributed by atoms with Crippen LogP contribution in [0.2, 0.25) is 5.15 Å². The van der Waals surface area contributed by atoms with Crippen molar-refractivity contribution in [3.8, 4) is 6.07 Å². The van der Waals surface area contributed by atoms with E-state index >= 15 is 0 Å². The van der Waals surface area contributed by atoms with Crippen LogP contribution >= 0.6 is 11.6 Å². The van der Waals surface area contributed by atoms with Crippen molar-refractivity contribution in [3.63, 3.8) is 0 Å². The van der Waals surface area contributed by atoms with Crippen LogP contribution in [-0.2, 0) is 0 Å². The lowest BCUT2D eigenvalue weighted by Gasteiger charge is -2.04. The lowest BCUT2D eigenvalue weighted by molar-refractivity contribution is 1.28. The van der Waals surface area contributed by atoms with Gasteiger partial charge in [-0.3, -0.25) is 4.98 Å². The summed E-state index contributed by atoms with van der Waals surface area (Å²) in [6, 6.07) is 15.6. The van der Waals surface area contributed by atoms with Gasteiger partial charge in [-0.25, -0.2) is 4.98 Å². The zero-order valence-electron chi connectivity index (χ0n) is 11.9. The van der Waals surface area contributed by atoms with Gasteiger partial charge >= 0.3 is 0 Å². The zero-order valence-corrected chi connectivity index (χ0v) is 12.7. The topological polar surface area (TPSA) is 49.6 Å². The summed E-state index contributed by atoms with van der Waals surface area (Å²) in [6.45, 7) is 2.01. The number of halogens is 1. The molecule has 1 aromatic carbocycles. The average molecular weight is 306 g/mol. The monoisotopic (exact) mass is 305 g/mol. The Hall–Kier alpha value is -2.70. The van der Waals surface area contributed by atoms with E-state index in [0.29, 0.717) is 22.0 Å². The highest BCUT2D eigenvalue weighted by atomic mass is 35.5. The van der Waals surface area contributed by atoms with Gasteiger partial charge in [0.25, 0.3) is 0 Å². The molecule has 3 nitrogen and oxygen atoms in total. The molecular formula is C18H12ClN3. The predicted molar refractivity (Wildman–Crippen MR) is 89.2 cm³/mol. The molecule has 2 aromatic heterocycles. The second-order valence-corrected chi connectivity index (χ2v) is 5.31. The Bertz CT molecular complexity index is 909. The van der Waals surface area contributed by atoms with E-state index in [4.69, 9.17) is 11.6 Å². The number of benzene rings is 1. The van der Waals surface area contributed by atoms with Crippen LogP contribution in [0.5, 0.6) is 0 Å². The van der Waals surface area contributed by atoms with Crippen LogP contribution in [0.4, 0.5) is 0 Å². The van der Waals surface area contributed by atoms with E-state index in [2.05, 4.69) is 16.0 Å². The van der Waals surface area contributed by atoms with Crippen LogP contribution in [-0.4, -0.2) is 9.97 Å². The minimum absolute atomic E-state index is 0.377. The largest absolute Gasteiger partial charge is 0.256 e. The first kappa shape index (κ1) is 14.2. The molecule has 2 heterocycles. The van der Waals surface area contributed by atoms with E-state index in [9.17, 15) is 5.26 Å². The van der Waals surface area contributed by atoms with Crippen molar-refractivity contribution in [1.82, 2.24) is 9.97 Å². The normalized spacial score (nSPS) is 11.4. The molecule has 0 aliphatic carbocycles. The molecule has 3 aromatic rings. The number of fused-ring (bicyclic) bond motifs is 1. The van der Waals surface area contributed by atoms with E-state index in [-0.39, 0.29) is 0 Å². The lowest BCUT2D eigenvalue weighted by Crippen LogP contribution is -1.89. The highest BCUT2D eigenvalue weighted by Gasteiger charge is 2.07. The van der Waals surface area contributed by atoms with Gasteiger partial charge in [0, 0.05) is 17.1 Å². The van der Waals surface area contributed by atoms with Gasteiger partial charge in [-0.15, -0.1) is 0 Å². The summed E-state index contributed by atoms with van der Waals surface area (Å²) in [5.74, 6) is 0. The summed E-state index contributed by atoms with van der Waals surface area (Å²) in [6.07, 6.45) is 3.38. The molecule has 106 valence electrons. The summed E-state index contributed by atoms with van der Waals surface area (Å²) < 4.78 is 0. The van der Waals surface area contributed by atoms with E-state index in [0.717, 1.165) is 16.5 Å². The molecule has 0 atom stereocenters. The first-order chi connectivity index (χ1) is 10.7. The standard InChI is InChI=1S/C18H12ClN3/c1-12-5-6-13-9-14(18(19)22-17(13)8-12)10-15(11-20)16-4-2-3-7-21-16/h2-10H,1H3/b15-10+. The van der Waals surface area contributed by atoms with E-state index in [1.54, 1.807) is 18.3 Å². The fourth-order valence-electron chi connectivity index (χ4n) is 2.21. The molecule has 0 N–H and O–H groups in total. The number of pyridine rings is 2. The Labute approximate surface area is 133 Å². The molecule has 0 aliphatic rings. The van der Waals surface area contributed by atoms with Crippen LogP contribution in [0.3, 0.4) is 0 Å². The first-order valence-corrected chi connectivity index (χ1v) is 7.15. The fraction of sp³-hybridized carbons (Fsp3) is 0.0556. The van der Waals surface area contributed by atoms with E-state index < -0.39 is 0 Å². The number of hydrogen-bond donors (Lipinski definition) is 0. The number of nitriles is 1. The molecular weight excluding hydrogens is 294 g/mol. The fourth-order valence-corrected chi connectivity index (χ4v) is 2.41. The van der Waals surface area contributed by atoms with E-state index in [1.807, 2.05) is 43.3 Å². The highest BCUT2D eigenvalue weighted by molar-refractivity contribution is 6.31. The van der Waals surface area contributed by atoms with Gasteiger partial charge in [-0.1, -0.05) is 29.8 Å². The van der Waals surface area contributed by atoms with Crippen molar-refractivity contribution in [2.45, 2.75) is 6.92 Å². The third kappa shape index (κ3) is 2.83. The molecule has 0 radical (unpaired) electrons. The van der Waals surface area contributed by atoms with Gasteiger partial charge in [-0.2, -0.15) is 5.26 Å². The lowest BCUT2D eigenvalue weighted by atomic mass is 10.1. The quantitative estimate of drug-likeness (QED) is 0.511. The number of aryl methyl sites for hydroxylation is 1. The minimum atomic E-state index is 0.377. The maximum absolute atomic E-state index is 9.36. The van der Waals surface area contributed by atoms with Crippen molar-refractivity contribution < 1.29 is 0 Å². The van der Waals surface area contributed by atoms with Crippen LogP contribution in [0.15, 0.2) is 48.7 Å². The van der Waals surface area contributed by atoms with E-state index in [1.165, 1.54) is 0 Å². The Morgan fingerprint density at radius 2 is 2.09 bits per heavy atom. The number of hydrogen-bond acceptors (Lipinski definition) is 3. The van der Waals surface area contributed by atoms with Gasteiger partial charge in [0.1, 0.15) is 11.2 Å². The van der Waals surface area contributed by atoms with Gasteiger partial charge < -0.3 is 0 Å². The minimum Gasteiger partial charge on any atom is -0.256 e. The molecule has 0 spiro atoms. The molecule has 0 bridgehead atoms. The van der Waals surface area contributed by atoms with Crippen LogP contribution < -0.4 is 0 Å². The van der Waals surface area contributed by atoms with Gasteiger partial charge in [0.05, 0.1) is 16.8 Å². The summed E-state index contributed by atoms with van der Waals surface area (Å²) in [4.78, 5) is 8.60. The summed E-state index contributed by atoms with van der Waals surface area (Å²) in [5, 5.41) is 10.7. The average Bonchev–Trinajstić information content (AvgIpc) is 2.53. The number of rotatable bonds is 2. The highest BCUT2D eigenvalue weighted by Crippen LogP contribution is 2.25. The Morgan fingerprint density at radius 3 is 2.82 bits per heavy atom. The summed E-state index contributed by atoms with van der Waals surface area (Å²) in [7, 11) is 0. The third-order valence-electron chi connectivity index (χ3n) is 3.31. The SMILES string of the molecule is Cc1ccc2cc(/C=C(\C#N)c3ccccn3)c(Cl)nc2c1. The van der Waals surface area contributed by atoms with Crippen LogP contribution in [0.25, 0.3) is 22.6 Å². The molecule has 0 saturated carbocycles. The molecule has 0 unspecified atom stereocenters. The Balaban J connectivity index is 2.13. The van der Waals surface area contributed by atoms with Crippen LogP contribution in [0, 0.1) is 18.3 Å². The van der Waals surface area contributed by atoms with Gasteiger partial charge in [0.15, 0.2) is 0 Å². The summed E-state index contributed by atoms with van der Waals surface area (Å²) in [5.41, 5.74) is 3.75. The van der Waals surface area contributed by atoms with Crippen molar-refractivity contribution in [2.24, 2.45) is 0 Å². The molecule has 4 heteroatoms. The molecule has 0 amide bonds. The Morgan fingerprint density at radius 1 is 1.23 bits per heavy atom. The second-order valence-electron chi connectivity index (χ2n) is 4.95. The van der Waals surface area contributed by atoms with Crippen molar-refractivity contribution >= 4 is 34.2 Å². The van der Waals surface area contributed by atoms with Gasteiger partial charge in [0.2, 0.25) is 0 Å². The number of aromatic nitrogens is 2. The molecule has 0 saturated heterocycles. The molecule has 3 rings (SSSR count). The van der Waals surface area contributed by atoms with Crippen molar-refractivity contribution in [2.75, 3.05) is 0 Å². The molecule has 22 heavy (non-hydrogen) atoms. The van der Waals surface area contributed by atoms with Crippen molar-refractivity contribution in [3.05, 3.63) is 70.6 Å². The maximum Gasteiger partial charge on any atom is 0.137 e. The molecule has 0 aliphatic heterocycles. The number of allylic oxidation sites excluding steroid dienone is 1. The second kappa shape index (κ2) is 5.97. The number of nitrogens with zero attached hydrogens (tertiary/aromatic N) is 3. The van der Waals surface area contributed by atoms with Gasteiger partial charge in [-0.05, 0) is 42.8 Å². The molecule has 0 fully saturated rings. The maximum atomic E-state index is 9.36. The van der Waals surface area contributed by atoms with Crippen LogP contribution in [0.1, 0.15) is 16.8 Å². The first-order valence-electron chi connectivity index (χ1n) is 6.77. The zero-order chi connectivity index (χ0) is 15.5. The Kier molecular flexibility index (Phi) is 3.86. The predicted octanol–water partition coefficient (Wildman–Crippen LogP) is 4.66.